The number of amides is 2. The number of piperidine rings is 1. The van der Waals surface area contributed by atoms with E-state index < -0.39 is 23.7 Å². The maximum Gasteiger partial charge on any atom is 0.416 e. The molecule has 1 fully saturated rings. The lowest BCUT2D eigenvalue weighted by atomic mass is 9.85. The molecule has 3 N–H and O–H groups in total. The van der Waals surface area contributed by atoms with Crippen LogP contribution in [0.25, 0.3) is 0 Å². The van der Waals surface area contributed by atoms with Crippen LogP contribution in [0.5, 0.6) is 0 Å². The van der Waals surface area contributed by atoms with Crippen molar-refractivity contribution in [3.8, 4) is 0 Å². The molecule has 1 aliphatic rings. The summed E-state index contributed by atoms with van der Waals surface area (Å²) in [5.41, 5.74) is 6.29. The number of esters is 1. The SMILES string of the molecule is CN1CCC[C@@H](COC(=O)c2ccc(CNC(N)=O)cc2)[C@@H]1c1ccc(C(F)(F)F)cc1. The van der Waals surface area contributed by atoms with Gasteiger partial charge in [-0.1, -0.05) is 24.3 Å². The van der Waals surface area contributed by atoms with Gasteiger partial charge < -0.3 is 15.8 Å². The molecule has 9 heteroatoms. The van der Waals surface area contributed by atoms with E-state index in [0.717, 1.165) is 42.6 Å². The summed E-state index contributed by atoms with van der Waals surface area (Å²) in [5.74, 6) is -0.507. The van der Waals surface area contributed by atoms with Crippen molar-refractivity contribution in [2.75, 3.05) is 20.2 Å². The van der Waals surface area contributed by atoms with E-state index in [1.807, 2.05) is 7.05 Å². The highest BCUT2D eigenvalue weighted by Crippen LogP contribution is 2.37. The second-order valence-corrected chi connectivity index (χ2v) is 7.96. The van der Waals surface area contributed by atoms with Gasteiger partial charge in [-0.3, -0.25) is 4.90 Å². The van der Waals surface area contributed by atoms with Crippen LogP contribution in [0.1, 0.15) is 45.9 Å². The molecule has 0 bridgehead atoms. The summed E-state index contributed by atoms with van der Waals surface area (Å²) in [4.78, 5) is 25.4. The molecule has 32 heavy (non-hydrogen) atoms. The number of halogens is 3. The lowest BCUT2D eigenvalue weighted by Crippen LogP contribution is -2.38. The molecule has 1 heterocycles. The van der Waals surface area contributed by atoms with Crippen LogP contribution in [0, 0.1) is 5.92 Å². The number of hydrogen-bond donors (Lipinski definition) is 2. The average Bonchev–Trinajstić information content (AvgIpc) is 2.76. The Morgan fingerprint density at radius 1 is 1.12 bits per heavy atom. The third-order valence-electron chi connectivity index (χ3n) is 5.67. The monoisotopic (exact) mass is 449 g/mol. The summed E-state index contributed by atoms with van der Waals surface area (Å²) in [6.45, 7) is 1.24. The zero-order valence-corrected chi connectivity index (χ0v) is 17.7. The van der Waals surface area contributed by atoms with Gasteiger partial charge in [-0.15, -0.1) is 0 Å². The predicted molar refractivity (Wildman–Crippen MR) is 113 cm³/mol. The molecule has 2 amide bonds. The average molecular weight is 449 g/mol. The van der Waals surface area contributed by atoms with Crippen molar-refractivity contribution in [1.82, 2.24) is 10.2 Å². The highest BCUT2D eigenvalue weighted by atomic mass is 19.4. The molecule has 1 aliphatic heterocycles. The van der Waals surface area contributed by atoms with Crippen LogP contribution in [0.4, 0.5) is 18.0 Å². The largest absolute Gasteiger partial charge is 0.462 e. The first kappa shape index (κ1) is 23.6. The summed E-state index contributed by atoms with van der Waals surface area (Å²) in [6.07, 6.45) is -2.66. The molecular weight excluding hydrogens is 423 g/mol. The molecule has 0 aromatic heterocycles. The van der Waals surface area contributed by atoms with E-state index in [1.165, 1.54) is 12.1 Å². The molecule has 3 rings (SSSR count). The Hall–Kier alpha value is -3.07. The third-order valence-corrected chi connectivity index (χ3v) is 5.67. The van der Waals surface area contributed by atoms with Crippen LogP contribution in [-0.4, -0.2) is 37.1 Å². The number of hydrogen-bond acceptors (Lipinski definition) is 4. The number of rotatable bonds is 6. The van der Waals surface area contributed by atoms with Crippen molar-refractivity contribution in [2.45, 2.75) is 31.6 Å². The number of nitrogens with one attached hydrogen (secondary N) is 1. The molecule has 2 aromatic rings. The molecule has 6 nitrogen and oxygen atoms in total. The van der Waals surface area contributed by atoms with E-state index in [4.69, 9.17) is 10.5 Å². The molecule has 172 valence electrons. The van der Waals surface area contributed by atoms with Crippen molar-refractivity contribution in [2.24, 2.45) is 11.7 Å². The predicted octanol–water partition coefficient (Wildman–Crippen LogP) is 4.11. The number of alkyl halides is 3. The molecule has 2 atom stereocenters. The fourth-order valence-electron chi connectivity index (χ4n) is 4.04. The second-order valence-electron chi connectivity index (χ2n) is 7.96. The molecule has 1 saturated heterocycles. The number of carbonyl (C=O) groups excluding carboxylic acids is 2. The summed E-state index contributed by atoms with van der Waals surface area (Å²) < 4.78 is 44.2. The first-order valence-corrected chi connectivity index (χ1v) is 10.3. The minimum Gasteiger partial charge on any atom is -0.462 e. The van der Waals surface area contributed by atoms with Gasteiger partial charge in [0.1, 0.15) is 0 Å². The maximum atomic E-state index is 12.9. The molecule has 2 aromatic carbocycles. The standard InChI is InChI=1S/C23H26F3N3O3/c1-29-12-2-3-18(20(29)16-8-10-19(11-9-16)23(24,25)26)14-32-21(30)17-6-4-15(5-7-17)13-28-22(27)31/h4-11,18,20H,2-3,12-14H2,1H3,(H3,27,28,31)/t18-,20-/m0/s1. The van der Waals surface area contributed by atoms with Gasteiger partial charge in [0.15, 0.2) is 0 Å². The summed E-state index contributed by atoms with van der Waals surface area (Å²) in [5, 5.41) is 2.47. The van der Waals surface area contributed by atoms with Crippen LogP contribution in [-0.2, 0) is 17.5 Å². The van der Waals surface area contributed by atoms with Gasteiger partial charge in [-0.05, 0) is 61.8 Å². The zero-order valence-electron chi connectivity index (χ0n) is 17.7. The van der Waals surface area contributed by atoms with Crippen molar-refractivity contribution in [1.29, 1.82) is 0 Å². The zero-order chi connectivity index (χ0) is 23.3. The summed E-state index contributed by atoms with van der Waals surface area (Å²) in [6, 6.07) is 11.0. The minimum atomic E-state index is -4.38. The third kappa shape index (κ3) is 6.00. The summed E-state index contributed by atoms with van der Waals surface area (Å²) >= 11 is 0. The van der Waals surface area contributed by atoms with E-state index in [1.54, 1.807) is 24.3 Å². The van der Waals surface area contributed by atoms with E-state index in [9.17, 15) is 22.8 Å². The van der Waals surface area contributed by atoms with Gasteiger partial charge in [0.25, 0.3) is 0 Å². The van der Waals surface area contributed by atoms with Gasteiger partial charge in [0.05, 0.1) is 17.7 Å². The van der Waals surface area contributed by atoms with Crippen LogP contribution >= 0.6 is 0 Å². The number of primary amides is 1. The van der Waals surface area contributed by atoms with Gasteiger partial charge >= 0.3 is 18.2 Å². The maximum absolute atomic E-state index is 12.9. The number of urea groups is 1. The second kappa shape index (κ2) is 10.0. The van der Waals surface area contributed by atoms with Crippen LogP contribution < -0.4 is 11.1 Å². The Bertz CT molecular complexity index is 930. The summed E-state index contributed by atoms with van der Waals surface area (Å²) in [7, 11) is 1.93. The minimum absolute atomic E-state index is 0.0338. The lowest BCUT2D eigenvalue weighted by molar-refractivity contribution is -0.137. The van der Waals surface area contributed by atoms with Crippen molar-refractivity contribution in [3.63, 3.8) is 0 Å². The topological polar surface area (TPSA) is 84.7 Å². The number of benzene rings is 2. The quantitative estimate of drug-likeness (QED) is 0.650. The van der Waals surface area contributed by atoms with Gasteiger partial charge in [0.2, 0.25) is 0 Å². The highest BCUT2D eigenvalue weighted by molar-refractivity contribution is 5.89. The molecule has 0 aliphatic carbocycles. The number of ether oxygens (including phenoxy) is 1. The number of carbonyl (C=O) groups is 2. The fourth-order valence-corrected chi connectivity index (χ4v) is 4.04. The van der Waals surface area contributed by atoms with E-state index in [0.29, 0.717) is 5.56 Å². The normalized spacial score (nSPS) is 19.4. The Balaban J connectivity index is 1.64. The van der Waals surface area contributed by atoms with Gasteiger partial charge in [0, 0.05) is 18.5 Å². The van der Waals surface area contributed by atoms with Crippen LogP contribution in [0.3, 0.4) is 0 Å². The van der Waals surface area contributed by atoms with E-state index in [-0.39, 0.29) is 25.1 Å². The fraction of sp³-hybridized carbons (Fsp3) is 0.391. The van der Waals surface area contributed by atoms with Crippen LogP contribution in [0.2, 0.25) is 0 Å². The Kier molecular flexibility index (Phi) is 7.40. The van der Waals surface area contributed by atoms with Gasteiger partial charge in [-0.25, -0.2) is 9.59 Å². The molecule has 0 saturated carbocycles. The molecular formula is C23H26F3N3O3. The lowest BCUT2D eigenvalue weighted by Gasteiger charge is -2.39. The van der Waals surface area contributed by atoms with Crippen molar-refractivity contribution >= 4 is 12.0 Å². The number of nitrogens with zero attached hydrogens (tertiary/aromatic N) is 1. The first-order chi connectivity index (χ1) is 15.1. The number of likely N-dealkylation sites (tertiary alicyclic amines) is 1. The van der Waals surface area contributed by atoms with Crippen molar-refractivity contribution in [3.05, 3.63) is 70.8 Å². The Morgan fingerprint density at radius 2 is 1.78 bits per heavy atom. The molecule has 0 spiro atoms. The molecule has 0 unspecified atom stereocenters. The van der Waals surface area contributed by atoms with E-state index >= 15 is 0 Å². The van der Waals surface area contributed by atoms with Crippen LogP contribution in [0.15, 0.2) is 48.5 Å². The smallest absolute Gasteiger partial charge is 0.416 e. The first-order valence-electron chi connectivity index (χ1n) is 10.3. The number of nitrogens with two attached hydrogens (primary N) is 1. The Morgan fingerprint density at radius 3 is 2.38 bits per heavy atom. The van der Waals surface area contributed by atoms with Gasteiger partial charge in [-0.2, -0.15) is 13.2 Å². The Labute approximate surface area is 184 Å². The molecule has 0 radical (unpaired) electrons. The van der Waals surface area contributed by atoms with E-state index in [2.05, 4.69) is 10.2 Å². The highest BCUT2D eigenvalue weighted by Gasteiger charge is 2.34. The van der Waals surface area contributed by atoms with Crippen molar-refractivity contribution < 1.29 is 27.5 Å².